The smallest absolute Gasteiger partial charge is 0.145 e. The lowest BCUT2D eigenvalue weighted by Crippen LogP contribution is -2.37. The topological polar surface area (TPSA) is 43.1 Å². The number of carbonyl (C=O) groups is 1. The van der Waals surface area contributed by atoms with Crippen molar-refractivity contribution in [2.45, 2.75) is 58.3 Å². The summed E-state index contributed by atoms with van der Waals surface area (Å²) >= 11 is 0. The van der Waals surface area contributed by atoms with E-state index in [9.17, 15) is 4.79 Å². The molecule has 2 heteroatoms. The molecular weight excluding hydrogens is 246 g/mol. The summed E-state index contributed by atoms with van der Waals surface area (Å²) in [6, 6.07) is 7.76. The van der Waals surface area contributed by atoms with Gasteiger partial charge in [-0.1, -0.05) is 38.3 Å². The number of hydrogen-bond donors (Lipinski definition) is 1. The van der Waals surface area contributed by atoms with Crippen LogP contribution in [0.3, 0.4) is 0 Å². The van der Waals surface area contributed by atoms with E-state index in [4.69, 9.17) is 5.73 Å². The average molecular weight is 273 g/mol. The fourth-order valence-corrected chi connectivity index (χ4v) is 3.45. The van der Waals surface area contributed by atoms with Gasteiger partial charge in [0.05, 0.1) is 0 Å². The zero-order valence-electron chi connectivity index (χ0n) is 13.0. The summed E-state index contributed by atoms with van der Waals surface area (Å²) < 4.78 is 0. The Balaban J connectivity index is 2.16. The Labute approximate surface area is 122 Å². The third-order valence-electron chi connectivity index (χ3n) is 4.98. The Morgan fingerprint density at radius 2 is 1.90 bits per heavy atom. The van der Waals surface area contributed by atoms with E-state index in [2.05, 4.69) is 20.8 Å². The molecule has 2 atom stereocenters. The molecule has 0 radical (unpaired) electrons. The molecule has 2 N–H and O–H groups in total. The lowest BCUT2D eigenvalue weighted by Gasteiger charge is -2.33. The Morgan fingerprint density at radius 3 is 2.50 bits per heavy atom. The first-order chi connectivity index (χ1) is 9.45. The maximum atomic E-state index is 12.9. The first-order valence-electron chi connectivity index (χ1n) is 7.85. The van der Waals surface area contributed by atoms with Crippen LogP contribution in [0.2, 0.25) is 0 Å². The molecular formula is C18H27NO. The molecule has 2 unspecified atom stereocenters. The molecule has 0 saturated heterocycles. The van der Waals surface area contributed by atoms with E-state index in [1.165, 1.54) is 19.3 Å². The summed E-state index contributed by atoms with van der Waals surface area (Å²) in [6.45, 7) is 6.34. The molecule has 0 aliphatic heterocycles. The van der Waals surface area contributed by atoms with Gasteiger partial charge in [-0.3, -0.25) is 4.79 Å². The van der Waals surface area contributed by atoms with Crippen molar-refractivity contribution in [3.05, 3.63) is 29.8 Å². The molecule has 2 rings (SSSR count). The molecule has 2 nitrogen and oxygen atoms in total. The van der Waals surface area contributed by atoms with Crippen LogP contribution in [0.15, 0.2) is 24.3 Å². The molecule has 0 spiro atoms. The van der Waals surface area contributed by atoms with Crippen LogP contribution in [0.4, 0.5) is 5.69 Å². The summed E-state index contributed by atoms with van der Waals surface area (Å²) in [6.07, 6.45) is 5.84. The number of Topliss-reactive ketones (excluding diaryl/α,β-unsaturated/α-hetero) is 1. The van der Waals surface area contributed by atoms with Crippen LogP contribution < -0.4 is 5.73 Å². The van der Waals surface area contributed by atoms with Crippen molar-refractivity contribution in [2.24, 2.45) is 11.8 Å². The predicted molar refractivity (Wildman–Crippen MR) is 84.6 cm³/mol. The molecule has 1 aliphatic carbocycles. The highest BCUT2D eigenvalue weighted by molar-refractivity contribution is 5.91. The van der Waals surface area contributed by atoms with E-state index >= 15 is 0 Å². The molecule has 20 heavy (non-hydrogen) atoms. The van der Waals surface area contributed by atoms with E-state index in [1.54, 1.807) is 0 Å². The van der Waals surface area contributed by atoms with E-state index in [0.29, 0.717) is 5.78 Å². The van der Waals surface area contributed by atoms with Crippen molar-refractivity contribution in [3.63, 3.8) is 0 Å². The molecule has 110 valence electrons. The number of benzene rings is 1. The molecule has 0 bridgehead atoms. The zero-order chi connectivity index (χ0) is 14.8. The molecule has 1 saturated carbocycles. The van der Waals surface area contributed by atoms with Gasteiger partial charge in [0.25, 0.3) is 0 Å². The van der Waals surface area contributed by atoms with Gasteiger partial charge in [-0.25, -0.2) is 0 Å². The Kier molecular flexibility index (Phi) is 4.52. The minimum Gasteiger partial charge on any atom is -0.399 e. The number of ketones is 1. The summed E-state index contributed by atoms with van der Waals surface area (Å²) in [4.78, 5) is 12.9. The van der Waals surface area contributed by atoms with Crippen molar-refractivity contribution in [3.8, 4) is 0 Å². The molecule has 1 aliphatic rings. The minimum absolute atomic E-state index is 0.237. The fourth-order valence-electron chi connectivity index (χ4n) is 3.45. The first kappa shape index (κ1) is 15.1. The van der Waals surface area contributed by atoms with Crippen molar-refractivity contribution in [2.75, 3.05) is 5.73 Å². The second-order valence-electron chi connectivity index (χ2n) is 6.75. The van der Waals surface area contributed by atoms with Gasteiger partial charge in [0.15, 0.2) is 0 Å². The normalized spacial score (nSPS) is 23.6. The van der Waals surface area contributed by atoms with Gasteiger partial charge in [-0.2, -0.15) is 0 Å². The fraction of sp³-hybridized carbons (Fsp3) is 0.611. The quantitative estimate of drug-likeness (QED) is 0.830. The minimum atomic E-state index is -0.409. The van der Waals surface area contributed by atoms with Crippen LogP contribution in [0.5, 0.6) is 0 Å². The average Bonchev–Trinajstić information content (AvgIpc) is 2.47. The van der Waals surface area contributed by atoms with E-state index in [-0.39, 0.29) is 5.92 Å². The lowest BCUT2D eigenvalue weighted by atomic mass is 9.69. The van der Waals surface area contributed by atoms with Crippen LogP contribution in [0.1, 0.15) is 58.4 Å². The van der Waals surface area contributed by atoms with Crippen LogP contribution in [0, 0.1) is 11.8 Å². The van der Waals surface area contributed by atoms with Crippen LogP contribution in [-0.4, -0.2) is 5.78 Å². The molecule has 0 amide bonds. The standard InChI is InChI=1S/C18H27NO/c1-4-13-6-5-7-14(12-13)17(20)18(2,3)15-8-10-16(19)11-9-15/h8-11,13-14H,4-7,12,19H2,1-3H3. The van der Waals surface area contributed by atoms with E-state index < -0.39 is 5.41 Å². The van der Waals surface area contributed by atoms with Crippen molar-refractivity contribution < 1.29 is 4.79 Å². The van der Waals surface area contributed by atoms with Gasteiger partial charge in [0, 0.05) is 17.0 Å². The van der Waals surface area contributed by atoms with Crippen molar-refractivity contribution in [1.82, 2.24) is 0 Å². The van der Waals surface area contributed by atoms with Crippen LogP contribution in [-0.2, 0) is 10.2 Å². The molecule has 0 aromatic heterocycles. The lowest BCUT2D eigenvalue weighted by molar-refractivity contribution is -0.129. The number of anilines is 1. The second kappa shape index (κ2) is 5.99. The summed E-state index contributed by atoms with van der Waals surface area (Å²) in [5, 5.41) is 0. The predicted octanol–water partition coefficient (Wildman–Crippen LogP) is 4.33. The highest BCUT2D eigenvalue weighted by Gasteiger charge is 2.37. The zero-order valence-corrected chi connectivity index (χ0v) is 13.0. The molecule has 1 aromatic rings. The Hall–Kier alpha value is -1.31. The van der Waals surface area contributed by atoms with Crippen LogP contribution >= 0.6 is 0 Å². The molecule has 1 aromatic carbocycles. The third-order valence-corrected chi connectivity index (χ3v) is 4.98. The molecule has 1 fully saturated rings. The van der Waals surface area contributed by atoms with Crippen molar-refractivity contribution >= 4 is 11.5 Å². The van der Waals surface area contributed by atoms with Gasteiger partial charge >= 0.3 is 0 Å². The third kappa shape index (κ3) is 3.05. The summed E-state index contributed by atoms with van der Waals surface area (Å²) in [5.74, 6) is 1.38. The summed E-state index contributed by atoms with van der Waals surface area (Å²) in [5.41, 5.74) is 7.16. The Bertz CT molecular complexity index is 461. The Morgan fingerprint density at radius 1 is 1.25 bits per heavy atom. The number of hydrogen-bond acceptors (Lipinski definition) is 2. The van der Waals surface area contributed by atoms with Gasteiger partial charge in [0.2, 0.25) is 0 Å². The van der Waals surface area contributed by atoms with Crippen LogP contribution in [0.25, 0.3) is 0 Å². The van der Waals surface area contributed by atoms with Gasteiger partial charge in [0.1, 0.15) is 5.78 Å². The SMILES string of the molecule is CCC1CCCC(C(=O)C(C)(C)c2ccc(N)cc2)C1. The largest absolute Gasteiger partial charge is 0.399 e. The molecule has 0 heterocycles. The van der Waals surface area contributed by atoms with E-state index in [1.807, 2.05) is 24.3 Å². The van der Waals surface area contributed by atoms with Gasteiger partial charge in [-0.05, 0) is 50.3 Å². The summed E-state index contributed by atoms with van der Waals surface area (Å²) in [7, 11) is 0. The monoisotopic (exact) mass is 273 g/mol. The van der Waals surface area contributed by atoms with E-state index in [0.717, 1.165) is 30.0 Å². The van der Waals surface area contributed by atoms with Gasteiger partial charge in [-0.15, -0.1) is 0 Å². The van der Waals surface area contributed by atoms with Gasteiger partial charge < -0.3 is 5.73 Å². The maximum Gasteiger partial charge on any atom is 0.145 e. The number of nitrogens with two attached hydrogens (primary N) is 1. The highest BCUT2D eigenvalue weighted by Crippen LogP contribution is 2.37. The number of rotatable bonds is 4. The maximum absolute atomic E-state index is 12.9. The van der Waals surface area contributed by atoms with Crippen molar-refractivity contribution in [1.29, 1.82) is 0 Å². The first-order valence-corrected chi connectivity index (χ1v) is 7.85. The number of nitrogen functional groups attached to an aromatic ring is 1. The highest BCUT2D eigenvalue weighted by atomic mass is 16.1. The number of carbonyl (C=O) groups excluding carboxylic acids is 1. The second-order valence-corrected chi connectivity index (χ2v) is 6.75.